The molecule has 2 N–H and O–H groups in total. The summed E-state index contributed by atoms with van der Waals surface area (Å²) in [7, 11) is 0. The molecule has 0 aromatic rings. The third kappa shape index (κ3) is 10.7. The first-order valence-electron chi connectivity index (χ1n) is 6.91. The predicted octanol–water partition coefficient (Wildman–Crippen LogP) is 0.718. The van der Waals surface area contributed by atoms with Crippen LogP contribution >= 0.6 is 0 Å². The van der Waals surface area contributed by atoms with Crippen molar-refractivity contribution in [2.75, 3.05) is 13.2 Å². The molecule has 0 unspecified atom stereocenters. The van der Waals surface area contributed by atoms with Gasteiger partial charge in [-0.3, -0.25) is 9.59 Å². The van der Waals surface area contributed by atoms with Crippen molar-refractivity contribution in [2.24, 2.45) is 0 Å². The molecule has 0 saturated heterocycles. The molecule has 0 rings (SSSR count). The number of aliphatic carboxylic acids is 1. The molecule has 0 aliphatic rings. The minimum absolute atomic E-state index is 0.0219. The number of carboxylic acid groups (broad SMARTS) is 1. The zero-order chi connectivity index (χ0) is 17.2. The lowest BCUT2D eigenvalue weighted by atomic mass is 10.1. The minimum Gasteiger partial charge on any atom is -0.481 e. The van der Waals surface area contributed by atoms with Gasteiger partial charge in [-0.05, 0) is 27.2 Å². The number of hydrogen-bond acceptors (Lipinski definition) is 5. The van der Waals surface area contributed by atoms with Crippen LogP contribution in [0.2, 0.25) is 0 Å². The molecule has 0 saturated carbocycles. The number of amides is 1. The fourth-order valence-corrected chi connectivity index (χ4v) is 1.45. The fraction of sp³-hybridized carbons (Fsp3) is 0.667. The van der Waals surface area contributed by atoms with Crippen molar-refractivity contribution in [1.82, 2.24) is 5.32 Å². The molecule has 1 atom stereocenters. The molecule has 0 bridgehead atoms. The van der Waals surface area contributed by atoms with E-state index < -0.39 is 29.5 Å². The van der Waals surface area contributed by atoms with Gasteiger partial charge >= 0.3 is 11.9 Å². The van der Waals surface area contributed by atoms with E-state index in [1.54, 1.807) is 20.8 Å². The Kier molecular flexibility index (Phi) is 8.87. The van der Waals surface area contributed by atoms with E-state index in [4.69, 9.17) is 21.0 Å². The van der Waals surface area contributed by atoms with Crippen LogP contribution in [0.15, 0.2) is 0 Å². The SMILES string of the molecule is C#CCOCCC(=O)N[C@@H](CCC(=O)O)C(=O)OC(C)(C)C. The highest BCUT2D eigenvalue weighted by Gasteiger charge is 2.27. The van der Waals surface area contributed by atoms with E-state index in [2.05, 4.69) is 11.2 Å². The van der Waals surface area contributed by atoms with Crippen molar-refractivity contribution >= 4 is 17.8 Å². The molecule has 0 aromatic heterocycles. The normalized spacial score (nSPS) is 12.1. The number of hydrogen-bond donors (Lipinski definition) is 2. The number of carbonyl (C=O) groups excluding carboxylic acids is 2. The number of carboxylic acids is 1. The maximum atomic E-state index is 12.0. The van der Waals surface area contributed by atoms with Crippen LogP contribution < -0.4 is 5.32 Å². The summed E-state index contributed by atoms with van der Waals surface area (Å²) in [4.78, 5) is 34.4. The molecule has 7 nitrogen and oxygen atoms in total. The summed E-state index contributed by atoms with van der Waals surface area (Å²) in [5.41, 5.74) is -0.723. The average molecular weight is 313 g/mol. The molecular weight excluding hydrogens is 290 g/mol. The molecule has 0 aromatic carbocycles. The Hall–Kier alpha value is -2.07. The predicted molar refractivity (Wildman–Crippen MR) is 78.9 cm³/mol. The van der Waals surface area contributed by atoms with E-state index in [0.29, 0.717) is 0 Å². The number of ether oxygens (including phenoxy) is 2. The Labute approximate surface area is 130 Å². The third-order valence-corrected chi connectivity index (χ3v) is 2.33. The van der Waals surface area contributed by atoms with Crippen molar-refractivity contribution in [3.05, 3.63) is 0 Å². The summed E-state index contributed by atoms with van der Waals surface area (Å²) < 4.78 is 10.1. The van der Waals surface area contributed by atoms with Gasteiger partial charge in [0.25, 0.3) is 0 Å². The van der Waals surface area contributed by atoms with Gasteiger partial charge in [0.15, 0.2) is 0 Å². The van der Waals surface area contributed by atoms with Gasteiger partial charge in [-0.1, -0.05) is 5.92 Å². The van der Waals surface area contributed by atoms with Crippen molar-refractivity contribution in [3.63, 3.8) is 0 Å². The van der Waals surface area contributed by atoms with E-state index in [1.807, 2.05) is 0 Å². The van der Waals surface area contributed by atoms with Crippen molar-refractivity contribution < 1.29 is 29.0 Å². The van der Waals surface area contributed by atoms with Gasteiger partial charge in [0.05, 0.1) is 13.0 Å². The lowest BCUT2D eigenvalue weighted by molar-refractivity contribution is -0.159. The monoisotopic (exact) mass is 313 g/mol. The van der Waals surface area contributed by atoms with E-state index in [9.17, 15) is 14.4 Å². The third-order valence-electron chi connectivity index (χ3n) is 2.33. The zero-order valence-electron chi connectivity index (χ0n) is 13.2. The average Bonchev–Trinajstić information content (AvgIpc) is 2.37. The first-order valence-corrected chi connectivity index (χ1v) is 6.91. The van der Waals surface area contributed by atoms with Gasteiger partial charge in [0.2, 0.25) is 5.91 Å². The van der Waals surface area contributed by atoms with Gasteiger partial charge in [-0.25, -0.2) is 4.79 Å². The molecule has 0 aliphatic heterocycles. The van der Waals surface area contributed by atoms with Crippen molar-refractivity contribution in [2.45, 2.75) is 51.7 Å². The highest BCUT2D eigenvalue weighted by Crippen LogP contribution is 2.11. The second kappa shape index (κ2) is 9.79. The van der Waals surface area contributed by atoms with Gasteiger partial charge in [-0.2, -0.15) is 0 Å². The van der Waals surface area contributed by atoms with Crippen LogP contribution in [-0.2, 0) is 23.9 Å². The molecule has 22 heavy (non-hydrogen) atoms. The van der Waals surface area contributed by atoms with E-state index in [1.165, 1.54) is 0 Å². The molecule has 0 heterocycles. The molecule has 0 aliphatic carbocycles. The van der Waals surface area contributed by atoms with Crippen LogP contribution in [0.1, 0.15) is 40.0 Å². The minimum atomic E-state index is -1.06. The molecule has 7 heteroatoms. The Morgan fingerprint density at radius 2 is 1.91 bits per heavy atom. The molecule has 1 amide bonds. The summed E-state index contributed by atoms with van der Waals surface area (Å²) in [6.07, 6.45) is 4.73. The number of nitrogens with one attached hydrogen (secondary N) is 1. The summed E-state index contributed by atoms with van der Waals surface area (Å²) in [6.45, 7) is 5.29. The van der Waals surface area contributed by atoms with Gasteiger partial charge < -0.3 is 19.9 Å². The van der Waals surface area contributed by atoms with Gasteiger partial charge in [-0.15, -0.1) is 6.42 Å². The van der Waals surface area contributed by atoms with Crippen LogP contribution in [-0.4, -0.2) is 47.8 Å². The Balaban J connectivity index is 4.52. The molecule has 124 valence electrons. The maximum Gasteiger partial charge on any atom is 0.329 e. The fourth-order valence-electron chi connectivity index (χ4n) is 1.45. The largest absolute Gasteiger partial charge is 0.481 e. The highest BCUT2D eigenvalue weighted by molar-refractivity contribution is 5.85. The van der Waals surface area contributed by atoms with E-state index >= 15 is 0 Å². The first-order chi connectivity index (χ1) is 10.2. The smallest absolute Gasteiger partial charge is 0.329 e. The van der Waals surface area contributed by atoms with Crippen LogP contribution in [0.25, 0.3) is 0 Å². The number of rotatable bonds is 9. The van der Waals surface area contributed by atoms with Crippen LogP contribution in [0.3, 0.4) is 0 Å². The Morgan fingerprint density at radius 1 is 1.27 bits per heavy atom. The number of carbonyl (C=O) groups is 3. The number of terminal acetylenes is 1. The standard InChI is InChI=1S/C15H23NO6/c1-5-9-21-10-8-12(17)16-11(6-7-13(18)19)14(20)22-15(2,3)4/h1,11H,6-10H2,2-4H3,(H,16,17)(H,18,19)/t11-/m0/s1. The van der Waals surface area contributed by atoms with Crippen molar-refractivity contribution in [1.29, 1.82) is 0 Å². The summed E-state index contributed by atoms with van der Waals surface area (Å²) >= 11 is 0. The quantitative estimate of drug-likeness (QED) is 0.369. The van der Waals surface area contributed by atoms with Crippen LogP contribution in [0, 0.1) is 12.3 Å². The Bertz CT molecular complexity index is 432. The van der Waals surface area contributed by atoms with Crippen molar-refractivity contribution in [3.8, 4) is 12.3 Å². The molecule has 0 radical (unpaired) electrons. The lowest BCUT2D eigenvalue weighted by Crippen LogP contribution is -2.44. The molecular formula is C15H23NO6. The summed E-state index contributed by atoms with van der Waals surface area (Å²) in [5, 5.41) is 11.2. The van der Waals surface area contributed by atoms with Gasteiger partial charge in [0.1, 0.15) is 18.2 Å². The molecule has 0 fully saturated rings. The summed E-state index contributed by atoms with van der Waals surface area (Å²) in [5.74, 6) is 0.118. The van der Waals surface area contributed by atoms with E-state index in [0.717, 1.165) is 0 Å². The van der Waals surface area contributed by atoms with E-state index in [-0.39, 0.29) is 32.5 Å². The number of esters is 1. The second-order valence-corrected chi connectivity index (χ2v) is 5.59. The zero-order valence-corrected chi connectivity index (χ0v) is 13.2. The van der Waals surface area contributed by atoms with Crippen LogP contribution in [0.5, 0.6) is 0 Å². The lowest BCUT2D eigenvalue weighted by Gasteiger charge is -2.24. The second-order valence-electron chi connectivity index (χ2n) is 5.59. The Morgan fingerprint density at radius 3 is 2.41 bits per heavy atom. The summed E-state index contributed by atoms with van der Waals surface area (Å²) in [6, 6.07) is -1.00. The van der Waals surface area contributed by atoms with Crippen LogP contribution in [0.4, 0.5) is 0 Å². The van der Waals surface area contributed by atoms with Gasteiger partial charge in [0, 0.05) is 6.42 Å². The topological polar surface area (TPSA) is 102 Å². The highest BCUT2D eigenvalue weighted by atomic mass is 16.6. The first kappa shape index (κ1) is 19.9. The molecule has 0 spiro atoms. The maximum absolute atomic E-state index is 12.0.